The number of carbonyl (C=O) groups excluding carboxylic acids is 1. The Hall–Kier alpha value is -1.83. The van der Waals surface area contributed by atoms with E-state index in [1.807, 2.05) is 36.6 Å². The predicted molar refractivity (Wildman–Crippen MR) is 97.4 cm³/mol. The summed E-state index contributed by atoms with van der Waals surface area (Å²) >= 11 is 8.99. The third-order valence-corrected chi connectivity index (χ3v) is 5.26. The summed E-state index contributed by atoms with van der Waals surface area (Å²) in [4.78, 5) is 20.9. The van der Waals surface area contributed by atoms with Crippen LogP contribution < -0.4 is 5.32 Å². The van der Waals surface area contributed by atoms with Crippen LogP contribution in [-0.4, -0.2) is 20.2 Å². The minimum atomic E-state index is -0.0840. The van der Waals surface area contributed by atoms with Crippen molar-refractivity contribution in [1.82, 2.24) is 19.7 Å². The number of benzene rings is 1. The molecule has 0 radical (unpaired) electrons. The Balaban J connectivity index is 1.58. The van der Waals surface area contributed by atoms with Crippen LogP contribution in [0.25, 0.3) is 10.6 Å². The van der Waals surface area contributed by atoms with Crippen LogP contribution in [0.5, 0.6) is 0 Å². The molecule has 124 valence electrons. The van der Waals surface area contributed by atoms with Crippen molar-refractivity contribution >= 4 is 40.4 Å². The highest BCUT2D eigenvalue weighted by Gasteiger charge is 2.11. The standard InChI is InChI=1S/C16H15ClN4OS2/c1-2-13-20-15(24-21-13)8-18-14(22)7-10-9-23-16(19-10)11-5-3-4-6-12(11)17/h3-6,9H,2,7-8H2,1H3,(H,18,22). The van der Waals surface area contributed by atoms with Crippen molar-refractivity contribution in [3.63, 3.8) is 0 Å². The average Bonchev–Trinajstić information content (AvgIpc) is 3.22. The van der Waals surface area contributed by atoms with Gasteiger partial charge in [0.2, 0.25) is 5.91 Å². The summed E-state index contributed by atoms with van der Waals surface area (Å²) in [6, 6.07) is 7.55. The van der Waals surface area contributed by atoms with Crippen molar-refractivity contribution in [2.24, 2.45) is 0 Å². The zero-order valence-electron chi connectivity index (χ0n) is 13.0. The van der Waals surface area contributed by atoms with E-state index in [0.29, 0.717) is 11.6 Å². The first kappa shape index (κ1) is 17.0. The van der Waals surface area contributed by atoms with Gasteiger partial charge in [-0.1, -0.05) is 36.7 Å². The fourth-order valence-corrected chi connectivity index (χ4v) is 3.86. The maximum atomic E-state index is 12.1. The first-order chi connectivity index (χ1) is 11.7. The molecule has 3 rings (SSSR count). The van der Waals surface area contributed by atoms with Crippen LogP contribution in [0.3, 0.4) is 0 Å². The monoisotopic (exact) mass is 378 g/mol. The molecular weight excluding hydrogens is 364 g/mol. The van der Waals surface area contributed by atoms with E-state index in [4.69, 9.17) is 11.6 Å². The van der Waals surface area contributed by atoms with Crippen LogP contribution in [0.15, 0.2) is 29.6 Å². The first-order valence-corrected chi connectivity index (χ1v) is 9.46. The molecule has 2 heterocycles. The van der Waals surface area contributed by atoms with Crippen molar-refractivity contribution in [2.45, 2.75) is 26.3 Å². The van der Waals surface area contributed by atoms with Crippen molar-refractivity contribution in [1.29, 1.82) is 0 Å². The highest BCUT2D eigenvalue weighted by atomic mass is 35.5. The molecule has 0 saturated carbocycles. The van der Waals surface area contributed by atoms with Crippen LogP contribution in [0.2, 0.25) is 5.02 Å². The molecule has 24 heavy (non-hydrogen) atoms. The van der Waals surface area contributed by atoms with E-state index in [1.54, 1.807) is 0 Å². The zero-order chi connectivity index (χ0) is 16.9. The van der Waals surface area contributed by atoms with Gasteiger partial charge in [-0.05, 0) is 17.6 Å². The summed E-state index contributed by atoms with van der Waals surface area (Å²) in [7, 11) is 0. The Morgan fingerprint density at radius 1 is 1.29 bits per heavy atom. The number of rotatable bonds is 6. The fourth-order valence-electron chi connectivity index (χ4n) is 2.05. The van der Waals surface area contributed by atoms with Gasteiger partial charge >= 0.3 is 0 Å². The predicted octanol–water partition coefficient (Wildman–Crippen LogP) is 3.74. The lowest BCUT2D eigenvalue weighted by atomic mass is 10.2. The van der Waals surface area contributed by atoms with Gasteiger partial charge < -0.3 is 5.32 Å². The lowest BCUT2D eigenvalue weighted by molar-refractivity contribution is -0.120. The largest absolute Gasteiger partial charge is 0.349 e. The van der Waals surface area contributed by atoms with Crippen LogP contribution in [0, 0.1) is 0 Å². The highest BCUT2D eigenvalue weighted by molar-refractivity contribution is 7.13. The molecule has 0 aliphatic carbocycles. The van der Waals surface area contributed by atoms with Gasteiger partial charge in [0.1, 0.15) is 15.8 Å². The zero-order valence-corrected chi connectivity index (χ0v) is 15.3. The van der Waals surface area contributed by atoms with E-state index in [2.05, 4.69) is 19.7 Å². The molecule has 1 aromatic carbocycles. The van der Waals surface area contributed by atoms with Gasteiger partial charge in [-0.3, -0.25) is 4.79 Å². The maximum absolute atomic E-state index is 12.1. The van der Waals surface area contributed by atoms with Crippen LogP contribution in [0.1, 0.15) is 23.4 Å². The molecule has 0 atom stereocenters. The Morgan fingerprint density at radius 2 is 2.12 bits per heavy atom. The normalized spacial score (nSPS) is 10.8. The second-order valence-corrected chi connectivity index (χ2v) is 7.14. The summed E-state index contributed by atoms with van der Waals surface area (Å²) in [5, 5.41) is 7.03. The van der Waals surface area contributed by atoms with Crippen molar-refractivity contribution in [3.05, 3.63) is 51.2 Å². The number of aromatic nitrogens is 3. The van der Waals surface area contributed by atoms with E-state index < -0.39 is 0 Å². The van der Waals surface area contributed by atoms with E-state index in [0.717, 1.165) is 33.5 Å². The van der Waals surface area contributed by atoms with Gasteiger partial charge in [0.05, 0.1) is 23.7 Å². The number of nitrogens with zero attached hydrogens (tertiary/aromatic N) is 3. The molecule has 0 unspecified atom stereocenters. The molecule has 0 fully saturated rings. The average molecular weight is 379 g/mol. The van der Waals surface area contributed by atoms with Gasteiger partial charge in [-0.15, -0.1) is 11.3 Å². The fraction of sp³-hybridized carbons (Fsp3) is 0.250. The van der Waals surface area contributed by atoms with Gasteiger partial charge in [0.25, 0.3) is 0 Å². The Labute approximate surface area is 152 Å². The Bertz CT molecular complexity index is 846. The number of amides is 1. The third kappa shape index (κ3) is 4.17. The van der Waals surface area contributed by atoms with Crippen LogP contribution in [0.4, 0.5) is 0 Å². The summed E-state index contributed by atoms with van der Waals surface area (Å²) < 4.78 is 4.20. The molecule has 3 aromatic rings. The van der Waals surface area contributed by atoms with E-state index >= 15 is 0 Å². The third-order valence-electron chi connectivity index (χ3n) is 3.26. The summed E-state index contributed by atoms with van der Waals surface area (Å²) in [5.74, 6) is 0.729. The van der Waals surface area contributed by atoms with Crippen molar-refractivity contribution < 1.29 is 4.79 Å². The Kier molecular flexibility index (Phi) is 5.55. The molecule has 0 spiro atoms. The summed E-state index contributed by atoms with van der Waals surface area (Å²) in [6.45, 7) is 2.40. The van der Waals surface area contributed by atoms with Gasteiger partial charge in [0, 0.05) is 17.4 Å². The van der Waals surface area contributed by atoms with E-state index in [1.165, 1.54) is 22.9 Å². The smallest absolute Gasteiger partial charge is 0.226 e. The lowest BCUT2D eigenvalue weighted by Crippen LogP contribution is -2.24. The molecule has 8 heteroatoms. The van der Waals surface area contributed by atoms with Crippen LogP contribution >= 0.6 is 34.5 Å². The topological polar surface area (TPSA) is 67.8 Å². The number of halogens is 1. The SMILES string of the molecule is CCc1nsc(CNC(=O)Cc2csc(-c3ccccc3Cl)n2)n1. The minimum absolute atomic E-state index is 0.0840. The number of nitrogens with one attached hydrogen (secondary N) is 1. The van der Waals surface area contributed by atoms with E-state index in [9.17, 15) is 4.79 Å². The Morgan fingerprint density at radius 3 is 2.88 bits per heavy atom. The van der Waals surface area contributed by atoms with Gasteiger partial charge in [-0.25, -0.2) is 9.97 Å². The number of aryl methyl sites for hydroxylation is 1. The molecule has 0 aliphatic heterocycles. The second kappa shape index (κ2) is 7.83. The van der Waals surface area contributed by atoms with Crippen molar-refractivity contribution in [3.8, 4) is 10.6 Å². The highest BCUT2D eigenvalue weighted by Crippen LogP contribution is 2.30. The maximum Gasteiger partial charge on any atom is 0.226 e. The van der Waals surface area contributed by atoms with Crippen molar-refractivity contribution in [2.75, 3.05) is 0 Å². The molecule has 0 bridgehead atoms. The summed E-state index contributed by atoms with van der Waals surface area (Å²) in [5.41, 5.74) is 1.62. The van der Waals surface area contributed by atoms with Gasteiger partial charge in [0.15, 0.2) is 0 Å². The molecule has 5 nitrogen and oxygen atoms in total. The molecule has 0 saturated heterocycles. The number of hydrogen-bond donors (Lipinski definition) is 1. The van der Waals surface area contributed by atoms with E-state index in [-0.39, 0.29) is 12.3 Å². The summed E-state index contributed by atoms with van der Waals surface area (Å²) in [6.07, 6.45) is 1.04. The first-order valence-electron chi connectivity index (χ1n) is 7.43. The molecule has 0 aliphatic rings. The molecule has 1 amide bonds. The quantitative estimate of drug-likeness (QED) is 0.709. The minimum Gasteiger partial charge on any atom is -0.349 e. The number of thiazole rings is 1. The molecule has 2 aromatic heterocycles. The van der Waals surface area contributed by atoms with Crippen LogP contribution in [-0.2, 0) is 24.2 Å². The molecular formula is C16H15ClN4OS2. The number of hydrogen-bond acceptors (Lipinski definition) is 6. The van der Waals surface area contributed by atoms with Gasteiger partial charge in [-0.2, -0.15) is 4.37 Å². The second-order valence-electron chi connectivity index (χ2n) is 5.04. The number of carbonyl (C=O) groups is 1. The lowest BCUT2D eigenvalue weighted by Gasteiger charge is -2.01. The molecule has 1 N–H and O–H groups in total.